The van der Waals surface area contributed by atoms with Crippen LogP contribution >= 0.6 is 0 Å². The second kappa shape index (κ2) is 7.88. The van der Waals surface area contributed by atoms with Gasteiger partial charge in [-0.1, -0.05) is 54.6 Å². The molecule has 118 valence electrons. The van der Waals surface area contributed by atoms with Crippen molar-refractivity contribution in [3.8, 4) is 0 Å². The summed E-state index contributed by atoms with van der Waals surface area (Å²) in [6, 6.07) is 23.3. The smallest absolute Gasteiger partial charge is 0.228 e. The maximum absolute atomic E-state index is 12.1. The highest BCUT2D eigenvalue weighted by atomic mass is 16.1. The summed E-state index contributed by atoms with van der Waals surface area (Å²) in [5.41, 5.74) is 3.70. The molecule has 3 nitrogen and oxygen atoms in total. The lowest BCUT2D eigenvalue weighted by Crippen LogP contribution is -2.14. The van der Waals surface area contributed by atoms with Gasteiger partial charge in [0.2, 0.25) is 5.91 Å². The summed E-state index contributed by atoms with van der Waals surface area (Å²) in [5.74, 6) is -0.0212. The van der Waals surface area contributed by atoms with Gasteiger partial charge in [0.1, 0.15) is 0 Å². The van der Waals surface area contributed by atoms with Crippen LogP contribution < -0.4 is 5.32 Å². The number of carbonyl (C=O) groups excluding carboxylic acids is 1. The first-order valence-corrected chi connectivity index (χ1v) is 7.82. The Kier molecular flexibility index (Phi) is 5.15. The second-order valence-corrected chi connectivity index (χ2v) is 5.42. The Morgan fingerprint density at radius 1 is 0.917 bits per heavy atom. The molecule has 1 N–H and O–H groups in total. The minimum atomic E-state index is -0.0212. The van der Waals surface area contributed by atoms with Gasteiger partial charge in [0.05, 0.1) is 12.1 Å². The monoisotopic (exact) mass is 314 g/mol. The molecule has 1 aromatic heterocycles. The summed E-state index contributed by atoms with van der Waals surface area (Å²) in [5, 5.41) is 2.94. The molecule has 2 aromatic carbocycles. The lowest BCUT2D eigenvalue weighted by molar-refractivity contribution is -0.115. The van der Waals surface area contributed by atoms with E-state index in [1.165, 1.54) is 0 Å². The van der Waals surface area contributed by atoms with Crippen molar-refractivity contribution in [2.45, 2.75) is 6.42 Å². The van der Waals surface area contributed by atoms with E-state index in [-0.39, 0.29) is 5.91 Å². The summed E-state index contributed by atoms with van der Waals surface area (Å²) in [7, 11) is 0. The van der Waals surface area contributed by atoms with E-state index < -0.39 is 0 Å². The third-order valence-corrected chi connectivity index (χ3v) is 3.51. The number of nitrogens with one attached hydrogen (secondary N) is 1. The molecule has 0 bridgehead atoms. The Bertz CT molecular complexity index is 827. The van der Waals surface area contributed by atoms with Crippen molar-refractivity contribution in [2.24, 2.45) is 0 Å². The fourth-order valence-electron chi connectivity index (χ4n) is 2.36. The minimum absolute atomic E-state index is 0.0212. The van der Waals surface area contributed by atoms with Crippen LogP contribution in [0.5, 0.6) is 0 Å². The van der Waals surface area contributed by atoms with Gasteiger partial charge in [-0.25, -0.2) is 0 Å². The van der Waals surface area contributed by atoms with E-state index >= 15 is 0 Å². The molecule has 0 atom stereocenters. The molecule has 0 saturated carbocycles. The average Bonchev–Trinajstić information content (AvgIpc) is 2.62. The van der Waals surface area contributed by atoms with Crippen LogP contribution in [0.3, 0.4) is 0 Å². The zero-order chi connectivity index (χ0) is 16.6. The molecular formula is C21H18N2O. The maximum atomic E-state index is 12.1. The number of nitrogens with zero attached hydrogens (tertiary/aromatic N) is 1. The molecule has 0 aliphatic carbocycles. The topological polar surface area (TPSA) is 42.0 Å². The van der Waals surface area contributed by atoms with E-state index in [1.54, 1.807) is 6.20 Å². The van der Waals surface area contributed by atoms with Crippen molar-refractivity contribution in [2.75, 3.05) is 5.32 Å². The highest BCUT2D eigenvalue weighted by Crippen LogP contribution is 2.14. The van der Waals surface area contributed by atoms with Gasteiger partial charge in [-0.3, -0.25) is 9.78 Å². The van der Waals surface area contributed by atoms with Crippen LogP contribution in [0.2, 0.25) is 0 Å². The Balaban J connectivity index is 1.65. The Morgan fingerprint density at radius 2 is 1.75 bits per heavy atom. The van der Waals surface area contributed by atoms with Crippen LogP contribution in [0.25, 0.3) is 12.2 Å². The highest BCUT2D eigenvalue weighted by Gasteiger charge is 2.03. The van der Waals surface area contributed by atoms with Crippen LogP contribution in [0.1, 0.15) is 16.8 Å². The molecule has 3 aromatic rings. The number of hydrogen-bond donors (Lipinski definition) is 1. The lowest BCUT2D eigenvalue weighted by Gasteiger charge is -2.06. The van der Waals surface area contributed by atoms with Crippen molar-refractivity contribution in [3.05, 3.63) is 95.8 Å². The molecule has 1 heterocycles. The largest absolute Gasteiger partial charge is 0.326 e. The van der Waals surface area contributed by atoms with Crippen LogP contribution in [0.15, 0.2) is 79.0 Å². The van der Waals surface area contributed by atoms with E-state index in [4.69, 9.17) is 0 Å². The molecular weight excluding hydrogens is 296 g/mol. The van der Waals surface area contributed by atoms with Gasteiger partial charge >= 0.3 is 0 Å². The van der Waals surface area contributed by atoms with Crippen molar-refractivity contribution >= 4 is 23.7 Å². The standard InChI is InChI=1S/C21H18N2O/c24-21(16-17-7-2-1-3-8-17)23-20-11-6-9-18(15-20)12-13-19-10-4-5-14-22-19/h1-15H,16H2,(H,23,24). The minimum Gasteiger partial charge on any atom is -0.326 e. The van der Waals surface area contributed by atoms with Gasteiger partial charge in [-0.05, 0) is 41.5 Å². The number of aromatic nitrogens is 1. The van der Waals surface area contributed by atoms with Gasteiger partial charge in [-0.2, -0.15) is 0 Å². The van der Waals surface area contributed by atoms with Crippen LogP contribution in [-0.2, 0) is 11.2 Å². The predicted octanol–water partition coefficient (Wildman–Crippen LogP) is 4.43. The molecule has 3 heteroatoms. The summed E-state index contributed by atoms with van der Waals surface area (Å²) in [6.45, 7) is 0. The number of rotatable bonds is 5. The number of carbonyl (C=O) groups is 1. The van der Waals surface area contributed by atoms with E-state index in [1.807, 2.05) is 84.9 Å². The number of amides is 1. The van der Waals surface area contributed by atoms with Crippen molar-refractivity contribution in [3.63, 3.8) is 0 Å². The summed E-state index contributed by atoms with van der Waals surface area (Å²) >= 11 is 0. The predicted molar refractivity (Wildman–Crippen MR) is 98.4 cm³/mol. The van der Waals surface area contributed by atoms with Crippen molar-refractivity contribution in [1.82, 2.24) is 4.98 Å². The molecule has 0 aliphatic rings. The van der Waals surface area contributed by atoms with Crippen LogP contribution in [0.4, 0.5) is 5.69 Å². The van der Waals surface area contributed by atoms with E-state index in [2.05, 4.69) is 10.3 Å². The number of pyridine rings is 1. The van der Waals surface area contributed by atoms with E-state index in [0.29, 0.717) is 6.42 Å². The Labute approximate surface area is 141 Å². The van der Waals surface area contributed by atoms with Gasteiger partial charge < -0.3 is 5.32 Å². The van der Waals surface area contributed by atoms with Crippen molar-refractivity contribution < 1.29 is 4.79 Å². The number of hydrogen-bond acceptors (Lipinski definition) is 2. The quantitative estimate of drug-likeness (QED) is 0.757. The molecule has 0 unspecified atom stereocenters. The van der Waals surface area contributed by atoms with E-state index in [9.17, 15) is 4.79 Å². The maximum Gasteiger partial charge on any atom is 0.228 e. The molecule has 0 radical (unpaired) electrons. The normalized spacial score (nSPS) is 10.7. The Morgan fingerprint density at radius 3 is 2.54 bits per heavy atom. The second-order valence-electron chi connectivity index (χ2n) is 5.42. The van der Waals surface area contributed by atoms with Gasteiger partial charge in [0, 0.05) is 11.9 Å². The average molecular weight is 314 g/mol. The third-order valence-electron chi connectivity index (χ3n) is 3.51. The first kappa shape index (κ1) is 15.7. The van der Waals surface area contributed by atoms with Crippen molar-refractivity contribution in [1.29, 1.82) is 0 Å². The first-order valence-electron chi connectivity index (χ1n) is 7.82. The van der Waals surface area contributed by atoms with Gasteiger partial charge in [0.25, 0.3) is 0 Å². The van der Waals surface area contributed by atoms with Gasteiger partial charge in [-0.15, -0.1) is 0 Å². The molecule has 0 fully saturated rings. The summed E-state index contributed by atoms with van der Waals surface area (Å²) < 4.78 is 0. The molecule has 0 saturated heterocycles. The first-order chi connectivity index (χ1) is 11.8. The zero-order valence-corrected chi connectivity index (χ0v) is 13.2. The molecule has 24 heavy (non-hydrogen) atoms. The highest BCUT2D eigenvalue weighted by molar-refractivity contribution is 5.92. The molecule has 3 rings (SSSR count). The molecule has 0 aliphatic heterocycles. The van der Waals surface area contributed by atoms with Crippen LogP contribution in [0, 0.1) is 0 Å². The third kappa shape index (κ3) is 4.65. The van der Waals surface area contributed by atoms with E-state index in [0.717, 1.165) is 22.5 Å². The van der Waals surface area contributed by atoms with Gasteiger partial charge in [0.15, 0.2) is 0 Å². The van der Waals surface area contributed by atoms with Crippen LogP contribution in [-0.4, -0.2) is 10.9 Å². The molecule has 1 amide bonds. The molecule has 0 spiro atoms. The summed E-state index contributed by atoms with van der Waals surface area (Å²) in [6.07, 6.45) is 6.06. The number of anilines is 1. The summed E-state index contributed by atoms with van der Waals surface area (Å²) in [4.78, 5) is 16.4. The lowest BCUT2D eigenvalue weighted by atomic mass is 10.1. The number of benzene rings is 2. The Hall–Kier alpha value is -3.20. The SMILES string of the molecule is O=C(Cc1ccccc1)Nc1cccc(C=Cc2ccccn2)c1. The fraction of sp³-hybridized carbons (Fsp3) is 0.0476. The zero-order valence-electron chi connectivity index (χ0n) is 13.2. The fourth-order valence-corrected chi connectivity index (χ4v) is 2.36.